The molecule has 1 aromatic rings. The SMILES string of the molecule is CCC1(CNC(=O)c2ccnc(Cl)c2)CC1. The molecule has 0 aliphatic heterocycles. The third-order valence-electron chi connectivity index (χ3n) is 3.32. The summed E-state index contributed by atoms with van der Waals surface area (Å²) in [6.45, 7) is 2.94. The van der Waals surface area contributed by atoms with Gasteiger partial charge in [-0.3, -0.25) is 4.79 Å². The van der Waals surface area contributed by atoms with Crippen molar-refractivity contribution in [2.75, 3.05) is 6.54 Å². The fourth-order valence-electron chi connectivity index (χ4n) is 1.75. The van der Waals surface area contributed by atoms with E-state index in [4.69, 9.17) is 11.6 Å². The number of carbonyl (C=O) groups excluding carboxylic acids is 1. The molecule has 86 valence electrons. The van der Waals surface area contributed by atoms with Crippen LogP contribution in [0.25, 0.3) is 0 Å². The van der Waals surface area contributed by atoms with Crippen LogP contribution in [0.1, 0.15) is 36.5 Å². The quantitative estimate of drug-likeness (QED) is 0.820. The number of hydrogen-bond acceptors (Lipinski definition) is 2. The predicted molar refractivity (Wildman–Crippen MR) is 63.5 cm³/mol. The Labute approximate surface area is 100 Å². The van der Waals surface area contributed by atoms with E-state index in [1.165, 1.54) is 12.8 Å². The first-order valence-corrected chi connectivity index (χ1v) is 5.93. The Balaban J connectivity index is 1.93. The van der Waals surface area contributed by atoms with E-state index in [0.717, 1.165) is 13.0 Å². The molecule has 2 rings (SSSR count). The maximum Gasteiger partial charge on any atom is 0.251 e. The van der Waals surface area contributed by atoms with Gasteiger partial charge in [-0.1, -0.05) is 18.5 Å². The Morgan fingerprint density at radius 3 is 2.94 bits per heavy atom. The van der Waals surface area contributed by atoms with Crippen molar-refractivity contribution in [3.05, 3.63) is 29.0 Å². The van der Waals surface area contributed by atoms with Gasteiger partial charge in [-0.15, -0.1) is 0 Å². The van der Waals surface area contributed by atoms with Gasteiger partial charge in [0.1, 0.15) is 5.15 Å². The fraction of sp³-hybridized carbons (Fsp3) is 0.500. The Kier molecular flexibility index (Phi) is 3.15. The standard InChI is InChI=1S/C12H15ClN2O/c1-2-12(4-5-12)8-15-11(16)9-3-6-14-10(13)7-9/h3,6-7H,2,4-5,8H2,1H3,(H,15,16). The molecule has 1 fully saturated rings. The first-order valence-electron chi connectivity index (χ1n) is 5.55. The molecule has 1 amide bonds. The minimum Gasteiger partial charge on any atom is -0.351 e. The second kappa shape index (κ2) is 4.42. The zero-order chi connectivity index (χ0) is 11.6. The maximum atomic E-state index is 11.8. The van der Waals surface area contributed by atoms with Gasteiger partial charge in [0.25, 0.3) is 5.91 Å². The monoisotopic (exact) mass is 238 g/mol. The third-order valence-corrected chi connectivity index (χ3v) is 3.53. The molecule has 0 atom stereocenters. The second-order valence-corrected chi connectivity index (χ2v) is 4.79. The first kappa shape index (κ1) is 11.4. The largest absolute Gasteiger partial charge is 0.351 e. The number of nitrogens with zero attached hydrogens (tertiary/aromatic N) is 1. The number of carbonyl (C=O) groups is 1. The van der Waals surface area contributed by atoms with E-state index in [1.807, 2.05) is 0 Å². The predicted octanol–water partition coefficient (Wildman–Crippen LogP) is 2.66. The number of hydrogen-bond donors (Lipinski definition) is 1. The van der Waals surface area contributed by atoms with Crippen LogP contribution in [0.2, 0.25) is 5.15 Å². The normalized spacial score (nSPS) is 16.9. The van der Waals surface area contributed by atoms with Crippen molar-refractivity contribution in [2.24, 2.45) is 5.41 Å². The van der Waals surface area contributed by atoms with E-state index in [2.05, 4.69) is 17.2 Å². The molecule has 0 aromatic carbocycles. The molecule has 0 saturated heterocycles. The Morgan fingerprint density at radius 1 is 1.62 bits per heavy atom. The summed E-state index contributed by atoms with van der Waals surface area (Å²) in [7, 11) is 0. The molecule has 3 nitrogen and oxygen atoms in total. The molecule has 1 N–H and O–H groups in total. The zero-order valence-electron chi connectivity index (χ0n) is 9.29. The van der Waals surface area contributed by atoms with Crippen molar-refractivity contribution in [3.8, 4) is 0 Å². The number of rotatable bonds is 4. The van der Waals surface area contributed by atoms with Crippen LogP contribution >= 0.6 is 11.6 Å². The summed E-state index contributed by atoms with van der Waals surface area (Å²) in [5, 5.41) is 3.31. The maximum absolute atomic E-state index is 11.8. The van der Waals surface area contributed by atoms with Crippen LogP contribution in [0.15, 0.2) is 18.3 Å². The number of halogens is 1. The molecule has 0 spiro atoms. The topological polar surface area (TPSA) is 42.0 Å². The lowest BCUT2D eigenvalue weighted by Crippen LogP contribution is -2.29. The molecule has 1 saturated carbocycles. The molecule has 16 heavy (non-hydrogen) atoms. The van der Waals surface area contributed by atoms with Gasteiger partial charge < -0.3 is 5.32 Å². The molecule has 0 radical (unpaired) electrons. The van der Waals surface area contributed by atoms with Gasteiger partial charge in [0.2, 0.25) is 0 Å². The summed E-state index contributed by atoms with van der Waals surface area (Å²) in [6.07, 6.45) is 5.12. The van der Waals surface area contributed by atoms with Gasteiger partial charge >= 0.3 is 0 Å². The summed E-state index contributed by atoms with van der Waals surface area (Å²) in [4.78, 5) is 15.6. The summed E-state index contributed by atoms with van der Waals surface area (Å²) in [5.74, 6) is -0.0657. The number of nitrogens with one attached hydrogen (secondary N) is 1. The van der Waals surface area contributed by atoms with Crippen LogP contribution in [-0.2, 0) is 0 Å². The number of amides is 1. The minimum atomic E-state index is -0.0657. The lowest BCUT2D eigenvalue weighted by atomic mass is 10.0. The third kappa shape index (κ3) is 2.53. The lowest BCUT2D eigenvalue weighted by Gasteiger charge is -2.13. The van der Waals surface area contributed by atoms with E-state index in [-0.39, 0.29) is 5.91 Å². The van der Waals surface area contributed by atoms with E-state index in [1.54, 1.807) is 18.3 Å². The second-order valence-electron chi connectivity index (χ2n) is 4.40. The summed E-state index contributed by atoms with van der Waals surface area (Å²) in [5.41, 5.74) is 0.943. The Morgan fingerprint density at radius 2 is 2.38 bits per heavy atom. The van der Waals surface area contributed by atoms with Crippen molar-refractivity contribution in [2.45, 2.75) is 26.2 Å². The van der Waals surface area contributed by atoms with Gasteiger partial charge in [-0.2, -0.15) is 0 Å². The molecule has 1 aliphatic rings. The molecule has 0 unspecified atom stereocenters. The van der Waals surface area contributed by atoms with E-state index < -0.39 is 0 Å². The number of aromatic nitrogens is 1. The lowest BCUT2D eigenvalue weighted by molar-refractivity contribution is 0.0944. The molecule has 4 heteroatoms. The Bertz CT molecular complexity index is 402. The fourth-order valence-corrected chi connectivity index (χ4v) is 1.92. The van der Waals surface area contributed by atoms with Crippen molar-refractivity contribution >= 4 is 17.5 Å². The van der Waals surface area contributed by atoms with E-state index >= 15 is 0 Å². The van der Waals surface area contributed by atoms with E-state index in [0.29, 0.717) is 16.1 Å². The highest BCUT2D eigenvalue weighted by Crippen LogP contribution is 2.47. The van der Waals surface area contributed by atoms with Gasteiger partial charge in [0.15, 0.2) is 0 Å². The average Bonchev–Trinajstić information content (AvgIpc) is 3.07. The zero-order valence-corrected chi connectivity index (χ0v) is 10.0. The minimum absolute atomic E-state index is 0.0657. The van der Waals surface area contributed by atoms with Gasteiger partial charge in [-0.05, 0) is 36.8 Å². The summed E-state index contributed by atoms with van der Waals surface area (Å²) < 4.78 is 0. The van der Waals surface area contributed by atoms with Crippen molar-refractivity contribution in [1.29, 1.82) is 0 Å². The van der Waals surface area contributed by atoms with Crippen molar-refractivity contribution in [1.82, 2.24) is 10.3 Å². The first-order chi connectivity index (χ1) is 7.65. The highest BCUT2D eigenvalue weighted by Gasteiger charge is 2.40. The summed E-state index contributed by atoms with van der Waals surface area (Å²) >= 11 is 5.73. The van der Waals surface area contributed by atoms with Crippen LogP contribution < -0.4 is 5.32 Å². The molecule has 1 heterocycles. The van der Waals surface area contributed by atoms with Gasteiger partial charge in [-0.25, -0.2) is 4.98 Å². The molecule has 1 aliphatic carbocycles. The highest BCUT2D eigenvalue weighted by atomic mass is 35.5. The van der Waals surface area contributed by atoms with Crippen LogP contribution in [0, 0.1) is 5.41 Å². The van der Waals surface area contributed by atoms with Crippen LogP contribution in [0.3, 0.4) is 0 Å². The van der Waals surface area contributed by atoms with Crippen LogP contribution in [-0.4, -0.2) is 17.4 Å². The van der Waals surface area contributed by atoms with Gasteiger partial charge in [0, 0.05) is 18.3 Å². The summed E-state index contributed by atoms with van der Waals surface area (Å²) in [6, 6.07) is 3.26. The van der Waals surface area contributed by atoms with Crippen molar-refractivity contribution in [3.63, 3.8) is 0 Å². The molecule has 1 aromatic heterocycles. The average molecular weight is 239 g/mol. The number of pyridine rings is 1. The highest BCUT2D eigenvalue weighted by molar-refractivity contribution is 6.29. The molecular weight excluding hydrogens is 224 g/mol. The molecular formula is C12H15ClN2O. The molecule has 0 bridgehead atoms. The van der Waals surface area contributed by atoms with Crippen LogP contribution in [0.5, 0.6) is 0 Å². The van der Waals surface area contributed by atoms with Crippen molar-refractivity contribution < 1.29 is 4.79 Å². The smallest absolute Gasteiger partial charge is 0.251 e. The van der Waals surface area contributed by atoms with E-state index in [9.17, 15) is 4.79 Å². The van der Waals surface area contributed by atoms with Crippen LogP contribution in [0.4, 0.5) is 0 Å². The van der Waals surface area contributed by atoms with Gasteiger partial charge in [0.05, 0.1) is 0 Å². The Hall–Kier alpha value is -1.09.